The van der Waals surface area contributed by atoms with Gasteiger partial charge in [-0.2, -0.15) is 0 Å². The third-order valence-corrected chi connectivity index (χ3v) is 4.28. The third kappa shape index (κ3) is 3.12. The number of nitrogen functional groups attached to an aromatic ring is 1. The van der Waals surface area contributed by atoms with Crippen LogP contribution in [-0.4, -0.2) is 13.4 Å². The molecule has 0 saturated carbocycles. The summed E-state index contributed by atoms with van der Waals surface area (Å²) in [6.45, 7) is 0. The Bertz CT molecular complexity index is 768. The topological polar surface area (TPSA) is 85.1 Å². The van der Waals surface area contributed by atoms with Crippen molar-refractivity contribution in [1.29, 1.82) is 0 Å². The molecule has 0 amide bonds. The Kier molecular flexibility index (Phi) is 4.03. The van der Waals surface area contributed by atoms with Crippen LogP contribution in [0.4, 0.5) is 15.9 Å². The molecule has 0 bridgehead atoms. The summed E-state index contributed by atoms with van der Waals surface area (Å²) in [5.41, 5.74) is 5.45. The molecule has 0 aliphatic rings. The fraction of sp³-hybridized carbons (Fsp3) is 0. The lowest BCUT2D eigenvalue weighted by Gasteiger charge is -2.10. The minimum Gasteiger partial charge on any atom is -0.382 e. The van der Waals surface area contributed by atoms with Gasteiger partial charge in [0.25, 0.3) is 10.0 Å². The number of nitrogens with two attached hydrogens (primary N) is 1. The highest BCUT2D eigenvalue weighted by molar-refractivity contribution is 7.92. The zero-order chi connectivity index (χ0) is 14.9. The number of benzene rings is 1. The van der Waals surface area contributed by atoms with Crippen molar-refractivity contribution in [3.05, 3.63) is 46.3 Å². The number of hydrogen-bond acceptors (Lipinski definition) is 4. The lowest BCUT2D eigenvalue weighted by Crippen LogP contribution is -2.14. The Labute approximate surface area is 124 Å². The van der Waals surface area contributed by atoms with Crippen molar-refractivity contribution < 1.29 is 12.8 Å². The van der Waals surface area contributed by atoms with Gasteiger partial charge in [0.2, 0.25) is 0 Å². The maximum atomic E-state index is 12.9. The van der Waals surface area contributed by atoms with Gasteiger partial charge in [-0.1, -0.05) is 23.2 Å². The van der Waals surface area contributed by atoms with E-state index in [-0.39, 0.29) is 26.4 Å². The first-order valence-electron chi connectivity index (χ1n) is 5.18. The van der Waals surface area contributed by atoms with E-state index in [1.54, 1.807) is 0 Å². The van der Waals surface area contributed by atoms with Crippen molar-refractivity contribution in [3.8, 4) is 0 Å². The molecule has 1 heterocycles. The Balaban J connectivity index is 2.38. The third-order valence-electron chi connectivity index (χ3n) is 2.33. The van der Waals surface area contributed by atoms with Crippen molar-refractivity contribution in [3.63, 3.8) is 0 Å². The molecule has 0 spiro atoms. The molecular weight excluding hydrogens is 328 g/mol. The Morgan fingerprint density at radius 3 is 2.50 bits per heavy atom. The average molecular weight is 336 g/mol. The summed E-state index contributed by atoms with van der Waals surface area (Å²) < 4.78 is 39.3. The maximum Gasteiger partial charge on any atom is 0.263 e. The summed E-state index contributed by atoms with van der Waals surface area (Å²) in [7, 11) is -3.95. The van der Waals surface area contributed by atoms with Crippen LogP contribution in [0.15, 0.2) is 35.4 Å². The smallest absolute Gasteiger partial charge is 0.263 e. The standard InChI is InChI=1S/C11H8Cl2FN3O2S/c12-8-3-6(14)1-2-10(8)17-20(18,19)7-4-9(13)11(15)16-5-7/h1-5,17H,(H2,15,16). The second-order valence-corrected chi connectivity index (χ2v) is 6.26. The summed E-state index contributed by atoms with van der Waals surface area (Å²) in [6.07, 6.45) is 1.06. The van der Waals surface area contributed by atoms with E-state index in [1.165, 1.54) is 6.07 Å². The molecule has 9 heteroatoms. The zero-order valence-corrected chi connectivity index (χ0v) is 12.1. The van der Waals surface area contributed by atoms with E-state index in [9.17, 15) is 12.8 Å². The van der Waals surface area contributed by atoms with Crippen molar-refractivity contribution in [1.82, 2.24) is 4.98 Å². The second kappa shape index (κ2) is 5.43. The van der Waals surface area contributed by atoms with Crippen LogP contribution >= 0.6 is 23.2 Å². The van der Waals surface area contributed by atoms with Crippen LogP contribution in [0.2, 0.25) is 10.0 Å². The van der Waals surface area contributed by atoms with Crippen molar-refractivity contribution in [2.45, 2.75) is 4.90 Å². The molecule has 0 saturated heterocycles. The first kappa shape index (κ1) is 14.8. The number of aromatic nitrogens is 1. The van der Waals surface area contributed by atoms with E-state index in [0.717, 1.165) is 24.4 Å². The van der Waals surface area contributed by atoms with E-state index < -0.39 is 15.8 Å². The van der Waals surface area contributed by atoms with Crippen LogP contribution in [0.5, 0.6) is 0 Å². The normalized spacial score (nSPS) is 11.3. The SMILES string of the molecule is Nc1ncc(S(=O)(=O)Nc2ccc(F)cc2Cl)cc1Cl. The summed E-state index contributed by atoms with van der Waals surface area (Å²) >= 11 is 11.5. The number of sulfonamides is 1. The van der Waals surface area contributed by atoms with E-state index in [0.29, 0.717) is 0 Å². The van der Waals surface area contributed by atoms with E-state index >= 15 is 0 Å². The van der Waals surface area contributed by atoms with Crippen molar-refractivity contribution in [2.24, 2.45) is 0 Å². The van der Waals surface area contributed by atoms with Crippen LogP contribution in [0.25, 0.3) is 0 Å². The first-order valence-corrected chi connectivity index (χ1v) is 7.42. The predicted molar refractivity (Wildman–Crippen MR) is 75.9 cm³/mol. The van der Waals surface area contributed by atoms with E-state index in [1.807, 2.05) is 0 Å². The van der Waals surface area contributed by atoms with Crippen molar-refractivity contribution in [2.75, 3.05) is 10.5 Å². The van der Waals surface area contributed by atoms with Crippen molar-refractivity contribution >= 4 is 44.7 Å². The molecule has 5 nitrogen and oxygen atoms in total. The number of rotatable bonds is 3. The summed E-state index contributed by atoms with van der Waals surface area (Å²) in [5.74, 6) is -0.555. The van der Waals surface area contributed by atoms with Crippen LogP contribution in [0.3, 0.4) is 0 Å². The molecule has 0 aliphatic carbocycles. The minimum absolute atomic E-state index is 0.0121. The molecule has 0 unspecified atom stereocenters. The molecule has 2 aromatic rings. The van der Waals surface area contributed by atoms with Gasteiger partial charge < -0.3 is 5.73 Å². The number of anilines is 2. The Morgan fingerprint density at radius 2 is 1.90 bits per heavy atom. The second-order valence-electron chi connectivity index (χ2n) is 3.77. The predicted octanol–water partition coefficient (Wildman–Crippen LogP) is 2.91. The van der Waals surface area contributed by atoms with Crippen LogP contribution in [0, 0.1) is 5.82 Å². The largest absolute Gasteiger partial charge is 0.382 e. The molecule has 1 aromatic heterocycles. The van der Waals surface area contributed by atoms with Gasteiger partial charge >= 0.3 is 0 Å². The maximum absolute atomic E-state index is 12.9. The Hall–Kier alpha value is -1.57. The highest BCUT2D eigenvalue weighted by Crippen LogP contribution is 2.26. The van der Waals surface area contributed by atoms with Gasteiger partial charge in [0.15, 0.2) is 0 Å². The first-order chi connectivity index (χ1) is 9.29. The lowest BCUT2D eigenvalue weighted by molar-refractivity contribution is 0.600. The average Bonchev–Trinajstić information content (AvgIpc) is 2.36. The molecule has 0 atom stereocenters. The molecular formula is C11H8Cl2FN3O2S. The van der Waals surface area contributed by atoms with Gasteiger partial charge in [-0.3, -0.25) is 4.72 Å². The fourth-order valence-electron chi connectivity index (χ4n) is 1.35. The number of nitrogens with zero attached hydrogens (tertiary/aromatic N) is 1. The van der Waals surface area contributed by atoms with Crippen LogP contribution in [-0.2, 0) is 10.0 Å². The highest BCUT2D eigenvalue weighted by Gasteiger charge is 2.17. The van der Waals surface area contributed by atoms with Gasteiger partial charge in [-0.15, -0.1) is 0 Å². The van der Waals surface area contributed by atoms with Gasteiger partial charge in [0.1, 0.15) is 16.5 Å². The number of nitrogens with one attached hydrogen (secondary N) is 1. The lowest BCUT2D eigenvalue weighted by atomic mass is 10.3. The summed E-state index contributed by atoms with van der Waals surface area (Å²) in [5, 5.41) is -0.0545. The van der Waals surface area contributed by atoms with Crippen LogP contribution in [0.1, 0.15) is 0 Å². The summed E-state index contributed by atoms with van der Waals surface area (Å²) in [6, 6.07) is 4.44. The fourth-order valence-corrected chi connectivity index (χ4v) is 2.91. The van der Waals surface area contributed by atoms with E-state index in [2.05, 4.69) is 9.71 Å². The molecule has 3 N–H and O–H groups in total. The van der Waals surface area contributed by atoms with Gasteiger partial charge in [0, 0.05) is 6.20 Å². The molecule has 1 aromatic carbocycles. The molecule has 0 radical (unpaired) electrons. The molecule has 0 aliphatic heterocycles. The minimum atomic E-state index is -3.95. The number of pyridine rings is 1. The molecule has 2 rings (SSSR count). The highest BCUT2D eigenvalue weighted by atomic mass is 35.5. The zero-order valence-electron chi connectivity index (χ0n) is 9.77. The quantitative estimate of drug-likeness (QED) is 0.902. The number of hydrogen-bond donors (Lipinski definition) is 2. The molecule has 0 fully saturated rings. The monoisotopic (exact) mass is 335 g/mol. The molecule has 106 valence electrons. The van der Waals surface area contributed by atoms with Gasteiger partial charge in [0.05, 0.1) is 15.7 Å². The molecule has 20 heavy (non-hydrogen) atoms. The van der Waals surface area contributed by atoms with Crippen LogP contribution < -0.4 is 10.5 Å². The number of halogens is 3. The van der Waals surface area contributed by atoms with Gasteiger partial charge in [-0.05, 0) is 24.3 Å². The van der Waals surface area contributed by atoms with Gasteiger partial charge in [-0.25, -0.2) is 17.8 Å². The Morgan fingerprint density at radius 1 is 1.20 bits per heavy atom. The summed E-state index contributed by atoms with van der Waals surface area (Å²) in [4.78, 5) is 3.47. The van der Waals surface area contributed by atoms with E-state index in [4.69, 9.17) is 28.9 Å².